The summed E-state index contributed by atoms with van der Waals surface area (Å²) < 4.78 is 20.8. The molecule has 0 unspecified atom stereocenters. The first-order valence-corrected chi connectivity index (χ1v) is 16.8. The minimum atomic E-state index is -1.01. The van der Waals surface area contributed by atoms with Gasteiger partial charge in [0.05, 0.1) is 17.1 Å². The van der Waals surface area contributed by atoms with Crippen LogP contribution in [0, 0.1) is 17.7 Å². The van der Waals surface area contributed by atoms with Gasteiger partial charge in [-0.2, -0.15) is 11.8 Å². The first-order valence-electron chi connectivity index (χ1n) is 15.0. The van der Waals surface area contributed by atoms with Crippen molar-refractivity contribution in [3.05, 3.63) is 61.8 Å². The van der Waals surface area contributed by atoms with Crippen molar-refractivity contribution in [2.24, 2.45) is 17.6 Å². The van der Waals surface area contributed by atoms with E-state index in [4.69, 9.17) is 22.1 Å². The number of nitrogens with two attached hydrogens (primary N) is 1. The number of amides is 2. The maximum atomic E-state index is 14.4. The zero-order chi connectivity index (χ0) is 31.5. The molecule has 13 heteroatoms. The highest BCUT2D eigenvalue weighted by Crippen LogP contribution is 2.60. The Morgan fingerprint density at radius 1 is 1.25 bits per heavy atom. The van der Waals surface area contributed by atoms with E-state index < -0.39 is 52.7 Å². The van der Waals surface area contributed by atoms with Crippen LogP contribution < -0.4 is 11.3 Å². The Labute approximate surface area is 263 Å². The van der Waals surface area contributed by atoms with Crippen molar-refractivity contribution in [1.82, 2.24) is 14.4 Å². The third-order valence-electron chi connectivity index (χ3n) is 9.83. The minimum absolute atomic E-state index is 0.00797. The van der Waals surface area contributed by atoms with Crippen LogP contribution in [-0.4, -0.2) is 74.5 Å². The topological polar surface area (TPSA) is 135 Å². The van der Waals surface area contributed by atoms with Gasteiger partial charge in [-0.05, 0) is 81.1 Å². The van der Waals surface area contributed by atoms with Gasteiger partial charge in [0, 0.05) is 24.6 Å². The second-order valence-electron chi connectivity index (χ2n) is 12.3. The predicted molar refractivity (Wildman–Crippen MR) is 163 cm³/mol. The molecule has 1 spiro atoms. The third-order valence-corrected chi connectivity index (χ3v) is 10.8. The molecule has 2 amide bonds. The van der Waals surface area contributed by atoms with E-state index in [0.29, 0.717) is 35.6 Å². The summed E-state index contributed by atoms with van der Waals surface area (Å²) in [4.78, 5) is 57.9. The Kier molecular flexibility index (Phi) is 8.21. The molecule has 5 atom stereocenters. The van der Waals surface area contributed by atoms with Crippen LogP contribution in [0.15, 0.2) is 23.0 Å². The lowest BCUT2D eigenvalue weighted by Gasteiger charge is -2.47. The average molecular weight is 647 g/mol. The molecular weight excluding hydrogens is 611 g/mol. The number of hydrogen-bond donors (Lipinski definition) is 2. The van der Waals surface area contributed by atoms with Crippen molar-refractivity contribution in [2.75, 3.05) is 25.1 Å². The van der Waals surface area contributed by atoms with Crippen LogP contribution in [0.1, 0.15) is 71.0 Å². The molecule has 10 nitrogen and oxygen atoms in total. The molecule has 236 valence electrons. The van der Waals surface area contributed by atoms with E-state index in [9.17, 15) is 28.7 Å². The molecule has 0 saturated heterocycles. The molecule has 6 rings (SSSR count). The molecule has 0 bridgehead atoms. The summed E-state index contributed by atoms with van der Waals surface area (Å²) in [6, 6.07) is 3.39. The normalized spacial score (nSPS) is 25.0. The molecule has 1 aromatic carbocycles. The van der Waals surface area contributed by atoms with Gasteiger partial charge in [-0.3, -0.25) is 23.7 Å². The molecule has 3 heterocycles. The molecule has 0 radical (unpaired) electrons. The first kappa shape index (κ1) is 30.9. The summed E-state index contributed by atoms with van der Waals surface area (Å²) in [5, 5.41) is 11.2. The number of pyridine rings is 1. The van der Waals surface area contributed by atoms with Gasteiger partial charge in [0.25, 0.3) is 17.4 Å². The van der Waals surface area contributed by atoms with Crippen molar-refractivity contribution in [2.45, 2.75) is 69.8 Å². The standard InChI is InChI=1S/C31H36ClFN4O6S/c1-16(43-30(42)23(34)9-12-44-2)14-36-28(40)25-19-8-11-35(15-17-3-6-22(33)21(32)13-17)27(39)24(19)26(38)29(41)37(25)31(36)10-7-18-4-5-20(18)31/h3,6,13,16,18,20,23,38H,4-5,7-12,14-15,34H2,1-2H3/t16-,18+,20+,23-,31+/m0/s1. The second-order valence-corrected chi connectivity index (χ2v) is 13.7. The zero-order valence-electron chi connectivity index (χ0n) is 24.7. The number of halogens is 2. The van der Waals surface area contributed by atoms with E-state index in [-0.39, 0.29) is 48.3 Å². The lowest BCUT2D eigenvalue weighted by molar-refractivity contribution is -0.152. The quantitative estimate of drug-likeness (QED) is 0.396. The first-order chi connectivity index (χ1) is 21.0. The van der Waals surface area contributed by atoms with Gasteiger partial charge >= 0.3 is 5.97 Å². The largest absolute Gasteiger partial charge is 0.502 e. The number of aromatic hydroxyl groups is 1. The highest BCUT2D eigenvalue weighted by molar-refractivity contribution is 7.98. The molecule has 1 aromatic heterocycles. The third kappa shape index (κ3) is 4.80. The van der Waals surface area contributed by atoms with Crippen LogP contribution in [0.25, 0.3) is 0 Å². The number of carbonyl (C=O) groups is 3. The smallest absolute Gasteiger partial charge is 0.323 e. The van der Waals surface area contributed by atoms with Crippen LogP contribution >= 0.6 is 23.4 Å². The van der Waals surface area contributed by atoms with Crippen LogP contribution in [-0.2, 0) is 28.2 Å². The van der Waals surface area contributed by atoms with Gasteiger partial charge in [-0.1, -0.05) is 17.7 Å². The van der Waals surface area contributed by atoms with Gasteiger partial charge in [-0.15, -0.1) is 0 Å². The van der Waals surface area contributed by atoms with Crippen LogP contribution in [0.4, 0.5) is 4.39 Å². The van der Waals surface area contributed by atoms with Crippen molar-refractivity contribution >= 4 is 41.1 Å². The summed E-state index contributed by atoms with van der Waals surface area (Å²) in [6.45, 7) is 2.06. The van der Waals surface area contributed by atoms with E-state index >= 15 is 0 Å². The number of benzene rings is 1. The Hall–Kier alpha value is -3.09. The highest BCUT2D eigenvalue weighted by Gasteiger charge is 2.64. The summed E-state index contributed by atoms with van der Waals surface area (Å²) in [6.07, 6.45) is 5.09. The van der Waals surface area contributed by atoms with E-state index in [1.165, 1.54) is 27.7 Å². The molecule has 4 aliphatic rings. The second kappa shape index (κ2) is 11.7. The Bertz CT molecular complexity index is 1600. The SMILES string of the molecule is CSCC[C@H](N)C(=O)O[C@@H](C)CN1C(=O)c2c3c(c(O)c(=O)n2[C@@]12CC[C@H]1CC[C@H]12)C(=O)N(Cc1ccc(F)c(Cl)c1)CC3. The lowest BCUT2D eigenvalue weighted by Crippen LogP contribution is -2.57. The summed E-state index contributed by atoms with van der Waals surface area (Å²) in [5.41, 5.74) is 5.13. The number of hydrogen-bond acceptors (Lipinski definition) is 8. The molecule has 3 N–H and O–H groups in total. The molecule has 2 fully saturated rings. The molecule has 2 aliphatic heterocycles. The van der Waals surface area contributed by atoms with E-state index in [2.05, 4.69) is 0 Å². The summed E-state index contributed by atoms with van der Waals surface area (Å²) in [5.74, 6) is -1.74. The fourth-order valence-electron chi connectivity index (χ4n) is 7.62. The predicted octanol–water partition coefficient (Wildman–Crippen LogP) is 3.49. The fourth-order valence-corrected chi connectivity index (χ4v) is 8.31. The van der Waals surface area contributed by atoms with E-state index in [1.807, 2.05) is 6.26 Å². The average Bonchev–Trinajstić information content (AvgIpc) is 3.36. The fraction of sp³-hybridized carbons (Fsp3) is 0.548. The van der Waals surface area contributed by atoms with Crippen LogP contribution in [0.5, 0.6) is 5.75 Å². The molecule has 2 aromatic rings. The van der Waals surface area contributed by atoms with E-state index in [1.54, 1.807) is 23.6 Å². The highest BCUT2D eigenvalue weighted by atomic mass is 35.5. The van der Waals surface area contributed by atoms with Gasteiger partial charge in [0.2, 0.25) is 0 Å². The molecule has 2 saturated carbocycles. The monoisotopic (exact) mass is 646 g/mol. The van der Waals surface area contributed by atoms with Crippen LogP contribution in [0.2, 0.25) is 5.02 Å². The summed E-state index contributed by atoms with van der Waals surface area (Å²) in [7, 11) is 0. The van der Waals surface area contributed by atoms with Crippen molar-refractivity contribution in [3.8, 4) is 5.75 Å². The Balaban J connectivity index is 1.35. The zero-order valence-corrected chi connectivity index (χ0v) is 26.3. The lowest BCUT2D eigenvalue weighted by atomic mass is 9.72. The number of nitrogens with zero attached hydrogens (tertiary/aromatic N) is 3. The number of ether oxygens (including phenoxy) is 1. The van der Waals surface area contributed by atoms with Gasteiger partial charge in [-0.25, -0.2) is 4.39 Å². The summed E-state index contributed by atoms with van der Waals surface area (Å²) >= 11 is 7.52. The van der Waals surface area contributed by atoms with Gasteiger partial charge in [0.1, 0.15) is 29.3 Å². The molecular formula is C31H36ClFN4O6S. The number of aromatic nitrogens is 1. The van der Waals surface area contributed by atoms with Crippen molar-refractivity contribution < 1.29 is 28.6 Å². The van der Waals surface area contributed by atoms with Crippen LogP contribution in [0.3, 0.4) is 0 Å². The number of rotatable bonds is 9. The number of thioether (sulfide) groups is 1. The van der Waals surface area contributed by atoms with Gasteiger partial charge < -0.3 is 25.4 Å². The van der Waals surface area contributed by atoms with Crippen molar-refractivity contribution in [3.63, 3.8) is 0 Å². The maximum Gasteiger partial charge on any atom is 0.323 e. The minimum Gasteiger partial charge on any atom is -0.502 e. The number of fused-ring (bicyclic) bond motifs is 6. The van der Waals surface area contributed by atoms with Crippen molar-refractivity contribution in [1.29, 1.82) is 0 Å². The molecule has 44 heavy (non-hydrogen) atoms. The Morgan fingerprint density at radius 2 is 2.02 bits per heavy atom. The Morgan fingerprint density at radius 3 is 2.68 bits per heavy atom. The number of esters is 1. The maximum absolute atomic E-state index is 14.4. The number of carbonyl (C=O) groups excluding carboxylic acids is 3. The molecule has 2 aliphatic carbocycles. The van der Waals surface area contributed by atoms with E-state index in [0.717, 1.165) is 19.3 Å². The van der Waals surface area contributed by atoms with Gasteiger partial charge in [0.15, 0.2) is 5.75 Å².